The number of hydrogen-bond acceptors (Lipinski definition) is 4. The second-order valence-corrected chi connectivity index (χ2v) is 9.16. The van der Waals surface area contributed by atoms with Gasteiger partial charge in [0.2, 0.25) is 10.0 Å². The van der Waals surface area contributed by atoms with Gasteiger partial charge in [0.1, 0.15) is 0 Å². The molecule has 0 radical (unpaired) electrons. The molecule has 2 aliphatic rings. The molecule has 0 bridgehead atoms. The van der Waals surface area contributed by atoms with Gasteiger partial charge in [0.05, 0.1) is 18.1 Å². The number of benzene rings is 1. The fourth-order valence-electron chi connectivity index (χ4n) is 3.86. The van der Waals surface area contributed by atoms with E-state index in [0.717, 1.165) is 12.1 Å². The van der Waals surface area contributed by atoms with E-state index in [4.69, 9.17) is 4.74 Å². The number of ether oxygens (including phenoxy) is 1. The number of rotatable bonds is 5. The lowest BCUT2D eigenvalue weighted by Crippen LogP contribution is -2.40. The first kappa shape index (κ1) is 18.8. The lowest BCUT2D eigenvalue weighted by Gasteiger charge is -2.28. The van der Waals surface area contributed by atoms with Crippen LogP contribution in [0.2, 0.25) is 0 Å². The van der Waals surface area contributed by atoms with Crippen LogP contribution in [0, 0.1) is 0 Å². The summed E-state index contributed by atoms with van der Waals surface area (Å²) in [6, 6.07) is 8.06. The maximum Gasteiger partial charge on any atom is 0.243 e. The molecule has 1 aliphatic carbocycles. The molecule has 3 rings (SSSR count). The Morgan fingerprint density at radius 3 is 2.48 bits per heavy atom. The molecule has 0 atom stereocenters. The van der Waals surface area contributed by atoms with E-state index in [1.165, 1.54) is 42.8 Å². The SMILES string of the molecule is CN(Cc1cccc(S(=O)(=O)N2CCOCC2)c1)C1CCCCCC1. The Morgan fingerprint density at radius 1 is 1.12 bits per heavy atom. The molecule has 0 N–H and O–H groups in total. The van der Waals surface area contributed by atoms with E-state index >= 15 is 0 Å². The van der Waals surface area contributed by atoms with Gasteiger partial charge in [-0.15, -0.1) is 0 Å². The molecule has 1 saturated carbocycles. The lowest BCUT2D eigenvalue weighted by atomic mass is 10.1. The van der Waals surface area contributed by atoms with Crippen LogP contribution in [0.25, 0.3) is 0 Å². The van der Waals surface area contributed by atoms with Crippen molar-refractivity contribution in [3.05, 3.63) is 29.8 Å². The first-order chi connectivity index (χ1) is 12.1. The molecule has 1 aliphatic heterocycles. The summed E-state index contributed by atoms with van der Waals surface area (Å²) in [6.45, 7) is 2.63. The largest absolute Gasteiger partial charge is 0.379 e. The minimum absolute atomic E-state index is 0.404. The smallest absolute Gasteiger partial charge is 0.243 e. The van der Waals surface area contributed by atoms with E-state index in [1.54, 1.807) is 6.07 Å². The Hall–Kier alpha value is -0.950. The number of morpholine rings is 1. The normalized spacial score (nSPS) is 21.4. The Bertz CT molecular complexity index is 648. The van der Waals surface area contributed by atoms with E-state index in [9.17, 15) is 8.42 Å². The van der Waals surface area contributed by atoms with Crippen molar-refractivity contribution in [2.75, 3.05) is 33.4 Å². The summed E-state index contributed by atoms with van der Waals surface area (Å²) in [4.78, 5) is 2.80. The fraction of sp³-hybridized carbons (Fsp3) is 0.684. The van der Waals surface area contributed by atoms with Crippen molar-refractivity contribution in [2.45, 2.75) is 56.0 Å². The molecule has 1 heterocycles. The van der Waals surface area contributed by atoms with E-state index in [0.29, 0.717) is 37.2 Å². The predicted molar refractivity (Wildman–Crippen MR) is 99.0 cm³/mol. The van der Waals surface area contributed by atoms with E-state index in [2.05, 4.69) is 11.9 Å². The Kier molecular flexibility index (Phi) is 6.49. The van der Waals surface area contributed by atoms with Crippen LogP contribution in [0.5, 0.6) is 0 Å². The fourth-order valence-corrected chi connectivity index (χ4v) is 5.33. The highest BCUT2D eigenvalue weighted by atomic mass is 32.2. The van der Waals surface area contributed by atoms with Crippen LogP contribution >= 0.6 is 0 Å². The van der Waals surface area contributed by atoms with E-state index in [1.807, 2.05) is 18.2 Å². The Morgan fingerprint density at radius 2 is 1.80 bits per heavy atom. The number of sulfonamides is 1. The summed E-state index contributed by atoms with van der Waals surface area (Å²) < 4.78 is 32.5. The van der Waals surface area contributed by atoms with Gasteiger partial charge in [-0.2, -0.15) is 4.31 Å². The van der Waals surface area contributed by atoms with Gasteiger partial charge in [0, 0.05) is 25.7 Å². The maximum atomic E-state index is 12.8. The highest BCUT2D eigenvalue weighted by molar-refractivity contribution is 7.89. The molecule has 6 heteroatoms. The third kappa shape index (κ3) is 4.82. The van der Waals surface area contributed by atoms with Crippen molar-refractivity contribution in [1.29, 1.82) is 0 Å². The molecule has 0 unspecified atom stereocenters. The molecule has 2 fully saturated rings. The average molecular weight is 367 g/mol. The van der Waals surface area contributed by atoms with E-state index < -0.39 is 10.0 Å². The molecule has 1 aromatic rings. The van der Waals surface area contributed by atoms with Gasteiger partial charge in [0.25, 0.3) is 0 Å². The van der Waals surface area contributed by atoms with Gasteiger partial charge in [0.15, 0.2) is 0 Å². The predicted octanol–water partition coefficient (Wildman–Crippen LogP) is 2.86. The summed E-state index contributed by atoms with van der Waals surface area (Å²) in [5.41, 5.74) is 1.07. The van der Waals surface area contributed by atoms with Gasteiger partial charge >= 0.3 is 0 Å². The molecule has 1 saturated heterocycles. The molecule has 5 nitrogen and oxygen atoms in total. The summed E-state index contributed by atoms with van der Waals surface area (Å²) in [5.74, 6) is 0. The summed E-state index contributed by atoms with van der Waals surface area (Å²) >= 11 is 0. The minimum atomic E-state index is -3.42. The van der Waals surface area contributed by atoms with Crippen molar-refractivity contribution in [2.24, 2.45) is 0 Å². The molecule has 1 aromatic carbocycles. The molecule has 140 valence electrons. The van der Waals surface area contributed by atoms with Gasteiger partial charge in [-0.3, -0.25) is 4.90 Å². The van der Waals surface area contributed by atoms with E-state index in [-0.39, 0.29) is 0 Å². The second kappa shape index (κ2) is 8.62. The lowest BCUT2D eigenvalue weighted by molar-refractivity contribution is 0.0730. The molecular formula is C19H30N2O3S. The van der Waals surface area contributed by atoms with Crippen LogP contribution in [0.4, 0.5) is 0 Å². The molecule has 0 amide bonds. The van der Waals surface area contributed by atoms with Gasteiger partial charge in [-0.05, 0) is 37.6 Å². The topological polar surface area (TPSA) is 49.9 Å². The maximum absolute atomic E-state index is 12.8. The summed E-state index contributed by atoms with van der Waals surface area (Å²) in [5, 5.41) is 0. The van der Waals surface area contributed by atoms with Crippen LogP contribution < -0.4 is 0 Å². The quantitative estimate of drug-likeness (QED) is 0.752. The van der Waals surface area contributed by atoms with Crippen LogP contribution in [0.1, 0.15) is 44.1 Å². The third-order valence-corrected chi connectivity index (χ3v) is 7.28. The van der Waals surface area contributed by atoms with Crippen LogP contribution in [-0.4, -0.2) is 57.0 Å². The van der Waals surface area contributed by atoms with Crippen molar-refractivity contribution in [3.8, 4) is 0 Å². The van der Waals surface area contributed by atoms with Crippen molar-refractivity contribution >= 4 is 10.0 Å². The molecule has 25 heavy (non-hydrogen) atoms. The standard InChI is InChI=1S/C19H30N2O3S/c1-20(18-8-4-2-3-5-9-18)16-17-7-6-10-19(15-17)25(22,23)21-11-13-24-14-12-21/h6-7,10,15,18H,2-5,8-9,11-14,16H2,1H3. The molecular weight excluding hydrogens is 336 g/mol. The highest BCUT2D eigenvalue weighted by Crippen LogP contribution is 2.23. The number of hydrogen-bond donors (Lipinski definition) is 0. The Balaban J connectivity index is 1.70. The molecule has 0 spiro atoms. The minimum Gasteiger partial charge on any atom is -0.379 e. The van der Waals surface area contributed by atoms with Gasteiger partial charge < -0.3 is 4.74 Å². The van der Waals surface area contributed by atoms with Gasteiger partial charge in [-0.25, -0.2) is 8.42 Å². The van der Waals surface area contributed by atoms with Crippen molar-refractivity contribution < 1.29 is 13.2 Å². The zero-order chi connectivity index (χ0) is 17.7. The first-order valence-corrected chi connectivity index (χ1v) is 10.9. The van der Waals surface area contributed by atoms with Crippen LogP contribution in [0.15, 0.2) is 29.2 Å². The van der Waals surface area contributed by atoms with Crippen LogP contribution in [0.3, 0.4) is 0 Å². The van der Waals surface area contributed by atoms with Gasteiger partial charge in [-0.1, -0.05) is 37.8 Å². The summed E-state index contributed by atoms with van der Waals surface area (Å²) in [6.07, 6.45) is 7.81. The highest BCUT2D eigenvalue weighted by Gasteiger charge is 2.26. The Labute approximate surface area is 152 Å². The third-order valence-electron chi connectivity index (χ3n) is 5.39. The van der Waals surface area contributed by atoms with Crippen molar-refractivity contribution in [1.82, 2.24) is 9.21 Å². The number of nitrogens with zero attached hydrogens (tertiary/aromatic N) is 2. The zero-order valence-corrected chi connectivity index (χ0v) is 16.0. The second-order valence-electron chi connectivity index (χ2n) is 7.22. The average Bonchev–Trinajstić information content (AvgIpc) is 2.92. The monoisotopic (exact) mass is 366 g/mol. The first-order valence-electron chi connectivity index (χ1n) is 9.44. The zero-order valence-electron chi connectivity index (χ0n) is 15.2. The summed E-state index contributed by atoms with van der Waals surface area (Å²) in [7, 11) is -1.25. The van der Waals surface area contributed by atoms with Crippen LogP contribution in [-0.2, 0) is 21.3 Å². The molecule has 0 aromatic heterocycles. The van der Waals surface area contributed by atoms with Crippen molar-refractivity contribution in [3.63, 3.8) is 0 Å².